The first-order chi connectivity index (χ1) is 6.79. The molecule has 0 spiro atoms. The first kappa shape index (κ1) is 12.6. The van der Waals surface area contributed by atoms with Crippen molar-refractivity contribution in [2.75, 3.05) is 11.9 Å². The van der Waals surface area contributed by atoms with Crippen LogP contribution in [-0.2, 0) is 0 Å². The largest absolute Gasteiger partial charge is 0.382 e. The number of hydrogen-bond donors (Lipinski definition) is 1. The predicted octanol–water partition coefficient (Wildman–Crippen LogP) is 4.59. The SMILES string of the molecule is CC(C)(C)CNc1c(Cl)cc(F)cc1Cl. The minimum Gasteiger partial charge on any atom is -0.382 e. The van der Waals surface area contributed by atoms with Crippen LogP contribution < -0.4 is 5.32 Å². The Morgan fingerprint density at radius 3 is 2.07 bits per heavy atom. The van der Waals surface area contributed by atoms with Crippen molar-refractivity contribution in [3.8, 4) is 0 Å². The highest BCUT2D eigenvalue weighted by Gasteiger charge is 2.13. The van der Waals surface area contributed by atoms with Gasteiger partial charge in [-0.05, 0) is 17.5 Å². The normalized spacial score (nSPS) is 11.6. The zero-order chi connectivity index (χ0) is 11.6. The summed E-state index contributed by atoms with van der Waals surface area (Å²) in [5.41, 5.74) is 0.704. The van der Waals surface area contributed by atoms with Gasteiger partial charge in [-0.2, -0.15) is 0 Å². The minimum absolute atomic E-state index is 0.112. The van der Waals surface area contributed by atoms with E-state index in [9.17, 15) is 4.39 Å². The molecule has 0 aromatic heterocycles. The van der Waals surface area contributed by atoms with Gasteiger partial charge < -0.3 is 5.32 Å². The second-order valence-electron chi connectivity index (χ2n) is 4.66. The highest BCUT2D eigenvalue weighted by molar-refractivity contribution is 6.39. The molecule has 1 N–H and O–H groups in total. The molecule has 4 heteroatoms. The van der Waals surface area contributed by atoms with Crippen LogP contribution in [0.3, 0.4) is 0 Å². The van der Waals surface area contributed by atoms with E-state index >= 15 is 0 Å². The summed E-state index contributed by atoms with van der Waals surface area (Å²) in [4.78, 5) is 0. The van der Waals surface area contributed by atoms with Gasteiger partial charge in [0.25, 0.3) is 0 Å². The van der Waals surface area contributed by atoms with Crippen LogP contribution in [0.25, 0.3) is 0 Å². The lowest BCUT2D eigenvalue weighted by molar-refractivity contribution is 0.443. The molecule has 0 unspecified atom stereocenters. The molecule has 0 saturated heterocycles. The third kappa shape index (κ3) is 3.88. The van der Waals surface area contributed by atoms with Gasteiger partial charge in [0.05, 0.1) is 15.7 Å². The first-order valence-electron chi connectivity index (χ1n) is 4.68. The molecule has 0 atom stereocenters. The van der Waals surface area contributed by atoms with Gasteiger partial charge in [-0.15, -0.1) is 0 Å². The number of rotatable bonds is 2. The second kappa shape index (κ2) is 4.58. The molecule has 0 saturated carbocycles. The molecule has 0 bridgehead atoms. The van der Waals surface area contributed by atoms with Gasteiger partial charge in [-0.3, -0.25) is 0 Å². The third-order valence-electron chi connectivity index (χ3n) is 1.80. The number of benzene rings is 1. The summed E-state index contributed by atoms with van der Waals surface area (Å²) >= 11 is 11.8. The van der Waals surface area contributed by atoms with E-state index < -0.39 is 5.82 Å². The Balaban J connectivity index is 2.86. The van der Waals surface area contributed by atoms with Crippen molar-refractivity contribution in [3.63, 3.8) is 0 Å². The van der Waals surface area contributed by atoms with Crippen LogP contribution >= 0.6 is 23.2 Å². The maximum absolute atomic E-state index is 12.9. The van der Waals surface area contributed by atoms with E-state index in [1.165, 1.54) is 12.1 Å². The molecule has 0 fully saturated rings. The number of nitrogens with one attached hydrogen (secondary N) is 1. The van der Waals surface area contributed by atoms with Gasteiger partial charge in [0.2, 0.25) is 0 Å². The fourth-order valence-corrected chi connectivity index (χ4v) is 1.66. The Morgan fingerprint density at radius 1 is 1.20 bits per heavy atom. The lowest BCUT2D eigenvalue weighted by Gasteiger charge is -2.20. The van der Waals surface area contributed by atoms with E-state index in [1.54, 1.807) is 0 Å². The molecule has 15 heavy (non-hydrogen) atoms. The molecule has 84 valence electrons. The second-order valence-corrected chi connectivity index (χ2v) is 5.47. The summed E-state index contributed by atoms with van der Waals surface area (Å²) in [5.74, 6) is -0.425. The molecule has 1 nitrogen and oxygen atoms in total. The minimum atomic E-state index is -0.425. The maximum atomic E-state index is 12.9. The van der Waals surface area contributed by atoms with Crippen molar-refractivity contribution in [2.24, 2.45) is 5.41 Å². The zero-order valence-corrected chi connectivity index (χ0v) is 10.5. The lowest BCUT2D eigenvalue weighted by atomic mass is 9.97. The molecule has 0 aliphatic heterocycles. The van der Waals surface area contributed by atoms with E-state index in [-0.39, 0.29) is 5.41 Å². The smallest absolute Gasteiger partial charge is 0.126 e. The van der Waals surface area contributed by atoms with Gasteiger partial charge >= 0.3 is 0 Å². The Labute approximate surface area is 99.6 Å². The Hall–Kier alpha value is -0.470. The van der Waals surface area contributed by atoms with Crippen LogP contribution in [0.1, 0.15) is 20.8 Å². The molecule has 1 aromatic rings. The van der Waals surface area contributed by atoms with E-state index in [1.807, 2.05) is 0 Å². The Bertz CT molecular complexity index is 335. The maximum Gasteiger partial charge on any atom is 0.126 e. The van der Waals surface area contributed by atoms with Crippen molar-refractivity contribution in [3.05, 3.63) is 28.0 Å². The molecule has 1 aromatic carbocycles. The highest BCUT2D eigenvalue weighted by Crippen LogP contribution is 2.32. The van der Waals surface area contributed by atoms with E-state index in [2.05, 4.69) is 26.1 Å². The lowest BCUT2D eigenvalue weighted by Crippen LogP contribution is -2.19. The molecular weight excluding hydrogens is 236 g/mol. The number of anilines is 1. The fraction of sp³-hybridized carbons (Fsp3) is 0.455. The van der Waals surface area contributed by atoms with Gasteiger partial charge in [-0.1, -0.05) is 44.0 Å². The number of halogens is 3. The predicted molar refractivity (Wildman–Crippen MR) is 64.4 cm³/mol. The summed E-state index contributed by atoms with van der Waals surface area (Å²) in [6.07, 6.45) is 0. The summed E-state index contributed by atoms with van der Waals surface area (Å²) in [5, 5.41) is 3.74. The number of hydrogen-bond acceptors (Lipinski definition) is 1. The van der Waals surface area contributed by atoms with Crippen LogP contribution in [0.5, 0.6) is 0 Å². The average molecular weight is 250 g/mol. The van der Waals surface area contributed by atoms with Crippen LogP contribution in [0.4, 0.5) is 10.1 Å². The third-order valence-corrected chi connectivity index (χ3v) is 2.40. The summed E-state index contributed by atoms with van der Waals surface area (Å²) in [6.45, 7) is 6.99. The highest BCUT2D eigenvalue weighted by atomic mass is 35.5. The topological polar surface area (TPSA) is 12.0 Å². The Morgan fingerprint density at radius 2 is 1.67 bits per heavy atom. The summed E-state index contributed by atoms with van der Waals surface area (Å²) < 4.78 is 12.9. The van der Waals surface area contributed by atoms with Crippen molar-refractivity contribution in [1.82, 2.24) is 0 Å². The standard InChI is InChI=1S/C11H14Cl2FN/c1-11(2,3)6-15-10-8(12)4-7(14)5-9(10)13/h4-5,15H,6H2,1-3H3. The van der Waals surface area contributed by atoms with Crippen molar-refractivity contribution in [2.45, 2.75) is 20.8 Å². The van der Waals surface area contributed by atoms with Gasteiger partial charge in [-0.25, -0.2) is 4.39 Å². The molecule has 0 aliphatic rings. The van der Waals surface area contributed by atoms with E-state index in [0.717, 1.165) is 6.54 Å². The summed E-state index contributed by atoms with van der Waals surface area (Å²) in [6, 6.07) is 2.50. The van der Waals surface area contributed by atoms with Crippen LogP contribution in [0.15, 0.2) is 12.1 Å². The van der Waals surface area contributed by atoms with Gasteiger partial charge in [0, 0.05) is 6.54 Å². The average Bonchev–Trinajstić information content (AvgIpc) is 1.99. The quantitative estimate of drug-likeness (QED) is 0.809. The van der Waals surface area contributed by atoms with Crippen LogP contribution in [0.2, 0.25) is 10.0 Å². The monoisotopic (exact) mass is 249 g/mol. The van der Waals surface area contributed by atoms with Crippen LogP contribution in [0, 0.1) is 11.2 Å². The first-order valence-corrected chi connectivity index (χ1v) is 5.43. The van der Waals surface area contributed by atoms with Gasteiger partial charge in [0.1, 0.15) is 5.82 Å². The summed E-state index contributed by atoms with van der Waals surface area (Å²) in [7, 11) is 0. The van der Waals surface area contributed by atoms with Crippen molar-refractivity contribution in [1.29, 1.82) is 0 Å². The molecule has 0 radical (unpaired) electrons. The van der Waals surface area contributed by atoms with E-state index in [4.69, 9.17) is 23.2 Å². The van der Waals surface area contributed by atoms with E-state index in [0.29, 0.717) is 15.7 Å². The molecule has 0 heterocycles. The Kier molecular flexibility index (Phi) is 3.85. The molecule has 1 rings (SSSR count). The zero-order valence-electron chi connectivity index (χ0n) is 9.00. The molecule has 0 amide bonds. The van der Waals surface area contributed by atoms with Gasteiger partial charge in [0.15, 0.2) is 0 Å². The molecular formula is C11H14Cl2FN. The van der Waals surface area contributed by atoms with Crippen molar-refractivity contribution >= 4 is 28.9 Å². The van der Waals surface area contributed by atoms with Crippen LogP contribution in [-0.4, -0.2) is 6.54 Å². The van der Waals surface area contributed by atoms with Crippen molar-refractivity contribution < 1.29 is 4.39 Å². The fourth-order valence-electron chi connectivity index (χ4n) is 1.06. The molecule has 0 aliphatic carbocycles.